The molecule has 2 aromatic carbocycles. The number of carboxylic acid groups (broad SMARTS) is 1. The van der Waals surface area contributed by atoms with Gasteiger partial charge in [-0.2, -0.15) is 0 Å². The second-order valence-electron chi connectivity index (χ2n) is 4.63. The van der Waals surface area contributed by atoms with Crippen molar-refractivity contribution in [3.63, 3.8) is 0 Å². The molecule has 1 atom stereocenters. The Morgan fingerprint density at radius 1 is 1.25 bits per heavy atom. The highest BCUT2D eigenvalue weighted by Gasteiger charge is 2.14. The first kappa shape index (κ1) is 13.9. The molecule has 104 valence electrons. The Hall–Kier alpha value is -2.49. The van der Waals surface area contributed by atoms with Gasteiger partial charge in [-0.1, -0.05) is 37.3 Å². The lowest BCUT2D eigenvalue weighted by Crippen LogP contribution is -2.13. The topological polar surface area (TPSA) is 75.3 Å². The number of benzene rings is 2. The largest absolute Gasteiger partial charge is 0.478 e. The first-order valence-corrected chi connectivity index (χ1v) is 6.56. The SMILES string of the molecule is CCC(Nc1cc(N)ccc1C(=O)O)c1ccccc1. The second kappa shape index (κ2) is 6.10. The van der Waals surface area contributed by atoms with E-state index in [9.17, 15) is 9.90 Å². The van der Waals surface area contributed by atoms with E-state index in [1.54, 1.807) is 12.1 Å². The summed E-state index contributed by atoms with van der Waals surface area (Å²) in [5.41, 5.74) is 8.19. The number of nitrogens with two attached hydrogens (primary N) is 1. The summed E-state index contributed by atoms with van der Waals surface area (Å²) in [6, 6.07) is 14.8. The third-order valence-electron chi connectivity index (χ3n) is 3.21. The molecule has 4 N–H and O–H groups in total. The molecule has 2 aromatic rings. The number of nitrogen functional groups attached to an aromatic ring is 1. The van der Waals surface area contributed by atoms with Crippen molar-refractivity contribution in [1.29, 1.82) is 0 Å². The molecule has 0 aromatic heterocycles. The standard InChI is InChI=1S/C16H18N2O2/c1-2-14(11-6-4-3-5-7-11)18-15-10-12(17)8-9-13(15)16(19)20/h3-10,14,18H,2,17H2,1H3,(H,19,20). The summed E-state index contributed by atoms with van der Waals surface area (Å²) < 4.78 is 0. The number of aromatic carboxylic acids is 1. The predicted octanol–water partition coefficient (Wildman–Crippen LogP) is 3.53. The normalized spacial score (nSPS) is 11.8. The number of carboxylic acids is 1. The molecule has 1 unspecified atom stereocenters. The van der Waals surface area contributed by atoms with Crippen LogP contribution in [0.15, 0.2) is 48.5 Å². The Bertz CT molecular complexity index is 597. The fourth-order valence-electron chi connectivity index (χ4n) is 2.16. The first-order chi connectivity index (χ1) is 9.61. The van der Waals surface area contributed by atoms with Crippen LogP contribution in [0.4, 0.5) is 11.4 Å². The zero-order valence-electron chi connectivity index (χ0n) is 11.3. The maximum Gasteiger partial charge on any atom is 0.337 e. The fraction of sp³-hybridized carbons (Fsp3) is 0.188. The predicted molar refractivity (Wildman–Crippen MR) is 80.9 cm³/mol. The van der Waals surface area contributed by atoms with Gasteiger partial charge in [0.15, 0.2) is 0 Å². The Kier molecular flexibility index (Phi) is 4.25. The average molecular weight is 270 g/mol. The lowest BCUT2D eigenvalue weighted by molar-refractivity contribution is 0.0698. The van der Waals surface area contributed by atoms with Gasteiger partial charge >= 0.3 is 5.97 Å². The molecule has 20 heavy (non-hydrogen) atoms. The minimum atomic E-state index is -0.963. The lowest BCUT2D eigenvalue weighted by Gasteiger charge is -2.20. The highest BCUT2D eigenvalue weighted by Crippen LogP contribution is 2.26. The van der Waals surface area contributed by atoms with Gasteiger partial charge in [-0.3, -0.25) is 0 Å². The van der Waals surface area contributed by atoms with Crippen LogP contribution in [0.5, 0.6) is 0 Å². The van der Waals surface area contributed by atoms with Crippen molar-refractivity contribution in [2.24, 2.45) is 0 Å². The average Bonchev–Trinajstić information content (AvgIpc) is 2.45. The summed E-state index contributed by atoms with van der Waals surface area (Å²) in [6.07, 6.45) is 0.845. The number of carbonyl (C=O) groups is 1. The van der Waals surface area contributed by atoms with Gasteiger partial charge < -0.3 is 16.2 Å². The summed E-state index contributed by atoms with van der Waals surface area (Å²) in [5.74, 6) is -0.963. The van der Waals surface area contributed by atoms with Crippen molar-refractivity contribution in [1.82, 2.24) is 0 Å². The van der Waals surface area contributed by atoms with Crippen molar-refractivity contribution < 1.29 is 9.90 Å². The van der Waals surface area contributed by atoms with E-state index in [2.05, 4.69) is 12.2 Å². The molecular weight excluding hydrogens is 252 g/mol. The number of hydrogen-bond donors (Lipinski definition) is 3. The molecule has 0 saturated heterocycles. The quantitative estimate of drug-likeness (QED) is 0.726. The Morgan fingerprint density at radius 2 is 1.95 bits per heavy atom. The molecule has 0 bridgehead atoms. The fourth-order valence-corrected chi connectivity index (χ4v) is 2.16. The monoisotopic (exact) mass is 270 g/mol. The summed E-state index contributed by atoms with van der Waals surface area (Å²) in [7, 11) is 0. The van der Waals surface area contributed by atoms with E-state index in [0.29, 0.717) is 11.4 Å². The molecule has 0 spiro atoms. The van der Waals surface area contributed by atoms with Crippen molar-refractivity contribution in [2.45, 2.75) is 19.4 Å². The third-order valence-corrected chi connectivity index (χ3v) is 3.21. The van der Waals surface area contributed by atoms with Gasteiger partial charge in [0.1, 0.15) is 0 Å². The van der Waals surface area contributed by atoms with Crippen LogP contribution in [-0.4, -0.2) is 11.1 Å². The van der Waals surface area contributed by atoms with Crippen molar-refractivity contribution in [3.05, 3.63) is 59.7 Å². The maximum absolute atomic E-state index is 11.3. The molecule has 0 saturated carbocycles. The Labute approximate surface area is 118 Å². The molecule has 2 rings (SSSR count). The number of anilines is 2. The van der Waals surface area contributed by atoms with Gasteiger partial charge in [0.2, 0.25) is 0 Å². The van der Waals surface area contributed by atoms with Gasteiger partial charge in [-0.05, 0) is 30.2 Å². The second-order valence-corrected chi connectivity index (χ2v) is 4.63. The van der Waals surface area contributed by atoms with Gasteiger partial charge in [-0.15, -0.1) is 0 Å². The first-order valence-electron chi connectivity index (χ1n) is 6.56. The zero-order valence-corrected chi connectivity index (χ0v) is 11.3. The van der Waals surface area contributed by atoms with E-state index in [0.717, 1.165) is 12.0 Å². The molecule has 0 fully saturated rings. The van der Waals surface area contributed by atoms with E-state index in [4.69, 9.17) is 5.73 Å². The molecule has 0 heterocycles. The molecule has 0 aliphatic rings. The van der Waals surface area contributed by atoms with Crippen LogP contribution < -0.4 is 11.1 Å². The van der Waals surface area contributed by atoms with E-state index in [1.807, 2.05) is 30.3 Å². The van der Waals surface area contributed by atoms with Gasteiger partial charge in [0, 0.05) is 5.69 Å². The number of rotatable bonds is 5. The van der Waals surface area contributed by atoms with Gasteiger partial charge in [0.05, 0.1) is 17.3 Å². The Morgan fingerprint density at radius 3 is 2.55 bits per heavy atom. The number of hydrogen-bond acceptors (Lipinski definition) is 3. The van der Waals surface area contributed by atoms with E-state index in [1.165, 1.54) is 6.07 Å². The van der Waals surface area contributed by atoms with Crippen LogP contribution in [0.25, 0.3) is 0 Å². The zero-order chi connectivity index (χ0) is 14.5. The Balaban J connectivity index is 2.32. The van der Waals surface area contributed by atoms with Crippen molar-refractivity contribution in [2.75, 3.05) is 11.1 Å². The van der Waals surface area contributed by atoms with Crippen molar-refractivity contribution >= 4 is 17.3 Å². The van der Waals surface area contributed by atoms with E-state index < -0.39 is 5.97 Å². The van der Waals surface area contributed by atoms with Crippen molar-refractivity contribution in [3.8, 4) is 0 Å². The van der Waals surface area contributed by atoms with Crippen LogP contribution in [0, 0.1) is 0 Å². The molecule has 0 aliphatic heterocycles. The molecule has 0 radical (unpaired) electrons. The summed E-state index contributed by atoms with van der Waals surface area (Å²) >= 11 is 0. The highest BCUT2D eigenvalue weighted by atomic mass is 16.4. The van der Waals surface area contributed by atoms with Crippen LogP contribution in [-0.2, 0) is 0 Å². The number of nitrogens with one attached hydrogen (secondary N) is 1. The van der Waals surface area contributed by atoms with Crippen LogP contribution >= 0.6 is 0 Å². The van der Waals surface area contributed by atoms with Gasteiger partial charge in [-0.25, -0.2) is 4.79 Å². The minimum absolute atomic E-state index is 0.0519. The lowest BCUT2D eigenvalue weighted by atomic mass is 10.0. The van der Waals surface area contributed by atoms with E-state index >= 15 is 0 Å². The molecule has 0 aliphatic carbocycles. The molecule has 0 amide bonds. The summed E-state index contributed by atoms with van der Waals surface area (Å²) in [5, 5.41) is 12.5. The summed E-state index contributed by atoms with van der Waals surface area (Å²) in [4.78, 5) is 11.3. The van der Waals surface area contributed by atoms with Crippen LogP contribution in [0.3, 0.4) is 0 Å². The molecule has 4 nitrogen and oxygen atoms in total. The van der Waals surface area contributed by atoms with Crippen LogP contribution in [0.2, 0.25) is 0 Å². The molecule has 4 heteroatoms. The smallest absolute Gasteiger partial charge is 0.337 e. The highest BCUT2D eigenvalue weighted by molar-refractivity contribution is 5.95. The maximum atomic E-state index is 11.3. The minimum Gasteiger partial charge on any atom is -0.478 e. The summed E-state index contributed by atoms with van der Waals surface area (Å²) in [6.45, 7) is 2.05. The third kappa shape index (κ3) is 3.09. The molecular formula is C16H18N2O2. The van der Waals surface area contributed by atoms with Crippen LogP contribution in [0.1, 0.15) is 35.3 Å². The van der Waals surface area contributed by atoms with Gasteiger partial charge in [0.25, 0.3) is 0 Å². The van der Waals surface area contributed by atoms with E-state index in [-0.39, 0.29) is 11.6 Å².